The van der Waals surface area contributed by atoms with Crippen molar-refractivity contribution in [3.63, 3.8) is 0 Å². The van der Waals surface area contributed by atoms with Crippen molar-refractivity contribution in [3.05, 3.63) is 35.2 Å². The maximum Gasteiger partial charge on any atom is 0.417 e. The number of nitrogens with zero attached hydrogens (tertiary/aromatic N) is 6. The quantitative estimate of drug-likeness (QED) is 0.178. The number of aromatic amines is 1. The van der Waals surface area contributed by atoms with Gasteiger partial charge in [-0.2, -0.15) is 28.2 Å². The molecule has 2 N–H and O–H groups in total. The Labute approximate surface area is 282 Å². The first-order valence-corrected chi connectivity index (χ1v) is 16.9. The molecule has 0 spiro atoms. The number of aromatic nitrogens is 5. The highest BCUT2D eigenvalue weighted by Crippen LogP contribution is 2.49. The van der Waals surface area contributed by atoms with E-state index in [2.05, 4.69) is 26.0 Å². The van der Waals surface area contributed by atoms with Crippen LogP contribution in [0.25, 0.3) is 42.5 Å². The molecule has 15 heteroatoms. The number of anilines is 1. The zero-order valence-corrected chi connectivity index (χ0v) is 27.6. The number of aliphatic hydroxyl groups is 1. The summed E-state index contributed by atoms with van der Waals surface area (Å²) in [5.41, 5.74) is -2.21. The van der Waals surface area contributed by atoms with E-state index in [-0.39, 0.29) is 53.7 Å². The largest absolute Gasteiger partial charge is 0.461 e. The molecule has 4 aromatic heterocycles. The van der Waals surface area contributed by atoms with E-state index in [1.807, 2.05) is 4.90 Å². The van der Waals surface area contributed by atoms with Gasteiger partial charge < -0.3 is 19.5 Å². The van der Waals surface area contributed by atoms with Crippen LogP contribution in [-0.4, -0.2) is 98.5 Å². The lowest BCUT2D eigenvalue weighted by molar-refractivity contribution is -0.137. The monoisotopic (exact) mass is 695 g/mol. The molecule has 8 rings (SSSR count). The number of thiophene rings is 1. The molecule has 0 amide bonds. The number of H-pyrrole nitrogens is 1. The third kappa shape index (κ3) is 5.36. The predicted octanol–water partition coefficient (Wildman–Crippen LogP) is 5.63. The van der Waals surface area contributed by atoms with Crippen LogP contribution in [0, 0.1) is 19.3 Å². The van der Waals surface area contributed by atoms with Gasteiger partial charge in [-0.3, -0.25) is 15.0 Å². The van der Waals surface area contributed by atoms with Gasteiger partial charge in [0.05, 0.1) is 52.2 Å². The van der Waals surface area contributed by atoms with Gasteiger partial charge in [-0.15, -0.1) is 17.8 Å². The van der Waals surface area contributed by atoms with Crippen LogP contribution in [0.2, 0.25) is 0 Å². The molecule has 0 saturated carbocycles. The summed E-state index contributed by atoms with van der Waals surface area (Å²) < 4.78 is 71.5. The highest BCUT2D eigenvalue weighted by atomic mass is 32.1. The van der Waals surface area contributed by atoms with E-state index in [0.29, 0.717) is 57.8 Å². The fourth-order valence-corrected chi connectivity index (χ4v) is 9.04. The topological polar surface area (TPSA) is 113 Å². The minimum Gasteiger partial charge on any atom is -0.461 e. The number of ether oxygens (including phenoxy) is 2. The molecule has 256 valence electrons. The Morgan fingerprint density at radius 2 is 2.10 bits per heavy atom. The number of alkyl halides is 4. The van der Waals surface area contributed by atoms with Gasteiger partial charge in [-0.1, -0.05) is 5.92 Å². The van der Waals surface area contributed by atoms with Gasteiger partial charge in [0.2, 0.25) is 0 Å². The van der Waals surface area contributed by atoms with Crippen LogP contribution in [0.15, 0.2) is 18.3 Å². The highest BCUT2D eigenvalue weighted by Gasteiger charge is 2.49. The first-order chi connectivity index (χ1) is 23.4. The smallest absolute Gasteiger partial charge is 0.417 e. The van der Waals surface area contributed by atoms with E-state index in [4.69, 9.17) is 25.9 Å². The van der Waals surface area contributed by atoms with Crippen LogP contribution in [0.3, 0.4) is 0 Å². The van der Waals surface area contributed by atoms with E-state index < -0.39 is 29.1 Å². The average molecular weight is 696 g/mol. The number of fused-ring (bicyclic) bond motifs is 5. The van der Waals surface area contributed by atoms with Crippen LogP contribution >= 0.6 is 11.3 Å². The van der Waals surface area contributed by atoms with E-state index >= 15 is 0 Å². The third-order valence-corrected chi connectivity index (χ3v) is 11.0. The second kappa shape index (κ2) is 11.5. The fourth-order valence-electron chi connectivity index (χ4n) is 7.89. The van der Waals surface area contributed by atoms with E-state index in [1.165, 1.54) is 30.5 Å². The Kier molecular flexibility index (Phi) is 7.52. The molecule has 0 unspecified atom stereocenters. The molecule has 3 aliphatic rings. The summed E-state index contributed by atoms with van der Waals surface area (Å²) in [6.45, 7) is 5.42. The number of terminal acetylenes is 1. The minimum atomic E-state index is -4.73. The van der Waals surface area contributed by atoms with Gasteiger partial charge in [0.25, 0.3) is 0 Å². The molecule has 1 aromatic carbocycles. The molecule has 3 aliphatic heterocycles. The van der Waals surface area contributed by atoms with Gasteiger partial charge in [0.15, 0.2) is 0 Å². The maximum absolute atomic E-state index is 14.9. The number of rotatable bonds is 5. The number of pyridine rings is 1. The first kappa shape index (κ1) is 32.1. The molecule has 3 atom stereocenters. The van der Waals surface area contributed by atoms with E-state index in [0.717, 1.165) is 19.4 Å². The molecular weight excluding hydrogens is 662 g/mol. The number of hydrogen-bond acceptors (Lipinski definition) is 10. The van der Waals surface area contributed by atoms with Crippen molar-refractivity contribution in [1.82, 2.24) is 30.0 Å². The lowest BCUT2D eigenvalue weighted by Gasteiger charge is -2.31. The van der Waals surface area contributed by atoms with Crippen molar-refractivity contribution in [3.8, 4) is 29.6 Å². The molecule has 10 nitrogen and oxygen atoms in total. The van der Waals surface area contributed by atoms with Crippen molar-refractivity contribution in [2.45, 2.75) is 56.6 Å². The summed E-state index contributed by atoms with van der Waals surface area (Å²) in [7, 11) is 0. The molecule has 5 aromatic rings. The molecule has 3 fully saturated rings. The zero-order chi connectivity index (χ0) is 34.3. The Hall–Kier alpha value is -4.10. The predicted molar refractivity (Wildman–Crippen MR) is 178 cm³/mol. The number of aryl methyl sites for hydroxylation is 1. The fraction of sp³-hybridized carbons (Fsp3) is 0.471. The molecule has 3 saturated heterocycles. The Balaban J connectivity index is 1.35. The van der Waals surface area contributed by atoms with E-state index in [9.17, 15) is 22.7 Å². The Morgan fingerprint density at radius 1 is 1.27 bits per heavy atom. The summed E-state index contributed by atoms with van der Waals surface area (Å²) in [6.07, 6.45) is 3.64. The highest BCUT2D eigenvalue weighted by molar-refractivity contribution is 7.26. The molecule has 0 radical (unpaired) electrons. The van der Waals surface area contributed by atoms with Crippen molar-refractivity contribution >= 4 is 48.4 Å². The zero-order valence-electron chi connectivity index (χ0n) is 26.8. The van der Waals surface area contributed by atoms with Crippen LogP contribution in [0.4, 0.5) is 23.4 Å². The van der Waals surface area contributed by atoms with Crippen LogP contribution in [0.1, 0.15) is 43.0 Å². The SMILES string of the molecule is C#Cc1[nH]nc2cc(C)c(C(F)(F)F)c(-c3nccc4c3sc3nc(OC[C@@]56CCCN5C[C@H](F)C6)nc(N5CCOC[C@@](C)(O)C5)c34)c12. The van der Waals surface area contributed by atoms with Crippen LogP contribution < -0.4 is 9.64 Å². The van der Waals surface area contributed by atoms with Crippen molar-refractivity contribution in [1.29, 1.82) is 0 Å². The standard InChI is InChI=1S/C34H33F4N7O3S/c1-4-21-24-22(43-42-21)12-18(2)26(34(36,37)38)25(24)27-28-20(6-8-39-27)23-29(44-10-11-47-16-32(3,46)15-44)40-31(41-30(23)49-28)48-17-33-7-5-9-45(33)14-19(35)13-33/h1,6,8,12,19,46H,5,7,9-11,13-17H2,2-3H3,(H,42,43)/t19-,32+,33+/m1/s1. The summed E-state index contributed by atoms with van der Waals surface area (Å²) in [6, 6.07) is 3.16. The summed E-state index contributed by atoms with van der Waals surface area (Å²) in [4.78, 5) is 18.7. The van der Waals surface area contributed by atoms with Gasteiger partial charge >= 0.3 is 12.2 Å². The van der Waals surface area contributed by atoms with Crippen LogP contribution in [-0.2, 0) is 10.9 Å². The molecular formula is C34H33F4N7O3S. The summed E-state index contributed by atoms with van der Waals surface area (Å²) >= 11 is 1.17. The van der Waals surface area contributed by atoms with Gasteiger partial charge in [0.1, 0.15) is 34.7 Å². The first-order valence-electron chi connectivity index (χ1n) is 16.1. The minimum absolute atomic E-state index is 0.0179. The molecule has 0 bridgehead atoms. The average Bonchev–Trinajstić information content (AvgIpc) is 3.77. The maximum atomic E-state index is 14.9. The molecule has 0 aliphatic carbocycles. The van der Waals surface area contributed by atoms with Gasteiger partial charge in [-0.05, 0) is 50.9 Å². The Bertz CT molecular complexity index is 2160. The number of hydrogen-bond donors (Lipinski definition) is 2. The number of β-amino-alcohol motifs (C(OH)–C–C–N with tert-alkyl or cyclic N) is 1. The number of halogens is 4. The normalized spacial score (nSPS) is 24.9. The number of benzene rings is 1. The molecule has 49 heavy (non-hydrogen) atoms. The summed E-state index contributed by atoms with van der Waals surface area (Å²) in [5.74, 6) is 2.89. The third-order valence-electron chi connectivity index (χ3n) is 9.90. The van der Waals surface area contributed by atoms with Gasteiger partial charge in [-0.25, -0.2) is 4.39 Å². The van der Waals surface area contributed by atoms with Crippen LogP contribution in [0.5, 0.6) is 6.01 Å². The second-order valence-corrected chi connectivity index (χ2v) is 14.6. The van der Waals surface area contributed by atoms with E-state index in [1.54, 1.807) is 13.0 Å². The lowest BCUT2D eigenvalue weighted by Crippen LogP contribution is -2.43. The lowest BCUT2D eigenvalue weighted by atomic mass is 9.93. The van der Waals surface area contributed by atoms with Crippen molar-refractivity contribution in [2.24, 2.45) is 0 Å². The molecule has 7 heterocycles. The Morgan fingerprint density at radius 3 is 2.90 bits per heavy atom. The van der Waals surface area contributed by atoms with Crippen molar-refractivity contribution in [2.75, 3.05) is 50.9 Å². The van der Waals surface area contributed by atoms with Gasteiger partial charge in [0, 0.05) is 42.0 Å². The second-order valence-electron chi connectivity index (χ2n) is 13.6. The van der Waals surface area contributed by atoms with Crippen molar-refractivity contribution < 1.29 is 32.1 Å². The number of nitrogens with one attached hydrogen (secondary N) is 1. The summed E-state index contributed by atoms with van der Waals surface area (Å²) in [5, 5.41) is 19.3.